The van der Waals surface area contributed by atoms with Crippen LogP contribution >= 0.6 is 0 Å². The van der Waals surface area contributed by atoms with Crippen LogP contribution in [0.2, 0.25) is 0 Å². The van der Waals surface area contributed by atoms with Crippen LogP contribution in [-0.2, 0) is 35.5 Å². The van der Waals surface area contributed by atoms with E-state index in [1.54, 1.807) is 0 Å². The summed E-state index contributed by atoms with van der Waals surface area (Å²) in [6, 6.07) is 39.3. The average molecular weight is 535 g/mol. The third-order valence-corrected chi connectivity index (χ3v) is 6.71. The van der Waals surface area contributed by atoms with Crippen molar-refractivity contribution in [3.8, 4) is 0 Å². The molecule has 0 heterocycles. The van der Waals surface area contributed by atoms with E-state index >= 15 is 0 Å². The molecule has 4 N–H and O–H groups in total. The topological polar surface area (TPSA) is 82.3 Å². The Labute approximate surface area is 237 Å². The fourth-order valence-electron chi connectivity index (χ4n) is 4.51. The summed E-state index contributed by atoms with van der Waals surface area (Å²) in [5.74, 6) is -0.172. The second kappa shape index (κ2) is 16.0. The summed E-state index contributed by atoms with van der Waals surface area (Å²) < 4.78 is 0. The number of carbonyl (C=O) groups is 2. The van der Waals surface area contributed by atoms with Crippen LogP contribution in [0.5, 0.6) is 0 Å². The third kappa shape index (κ3) is 9.80. The second-order valence-corrected chi connectivity index (χ2v) is 9.80. The van der Waals surface area contributed by atoms with E-state index in [0.717, 1.165) is 22.3 Å². The average Bonchev–Trinajstić information content (AvgIpc) is 3.01. The van der Waals surface area contributed by atoms with E-state index in [0.29, 0.717) is 39.0 Å². The molecule has 0 aliphatic rings. The van der Waals surface area contributed by atoms with Crippen LogP contribution in [0.25, 0.3) is 0 Å². The van der Waals surface area contributed by atoms with E-state index in [9.17, 15) is 9.59 Å². The lowest BCUT2D eigenvalue weighted by Gasteiger charge is -2.20. The molecule has 0 aliphatic heterocycles. The van der Waals surface area contributed by atoms with Crippen molar-refractivity contribution in [1.29, 1.82) is 0 Å². The van der Waals surface area contributed by atoms with Crippen molar-refractivity contribution in [2.45, 2.75) is 38.0 Å². The Hall–Kier alpha value is -4.26. The summed E-state index contributed by atoms with van der Waals surface area (Å²) >= 11 is 0. The first-order valence-electron chi connectivity index (χ1n) is 13.9. The molecule has 4 aromatic carbocycles. The fourth-order valence-corrected chi connectivity index (χ4v) is 4.51. The summed E-state index contributed by atoms with van der Waals surface area (Å²) in [6.07, 6.45) is 1.16. The van der Waals surface area contributed by atoms with Crippen LogP contribution in [0.1, 0.15) is 22.3 Å². The van der Waals surface area contributed by atoms with Gasteiger partial charge in [0, 0.05) is 26.2 Å². The minimum atomic E-state index is -0.392. The van der Waals surface area contributed by atoms with Gasteiger partial charge >= 0.3 is 0 Å². The first kappa shape index (κ1) is 28.7. The van der Waals surface area contributed by atoms with E-state index in [2.05, 4.69) is 21.3 Å². The van der Waals surface area contributed by atoms with Gasteiger partial charge in [-0.3, -0.25) is 9.59 Å². The molecule has 2 amide bonds. The lowest BCUT2D eigenvalue weighted by atomic mass is 10.0. The van der Waals surface area contributed by atoms with E-state index in [-0.39, 0.29) is 11.8 Å². The zero-order valence-electron chi connectivity index (χ0n) is 22.8. The minimum absolute atomic E-state index is 0.0860. The van der Waals surface area contributed by atoms with Crippen LogP contribution in [0, 0.1) is 0 Å². The monoisotopic (exact) mass is 534 g/mol. The highest BCUT2D eigenvalue weighted by atomic mass is 16.2. The maximum Gasteiger partial charge on any atom is 0.237 e. The Balaban J connectivity index is 1.29. The molecule has 4 rings (SSSR count). The Bertz CT molecular complexity index is 1180. The van der Waals surface area contributed by atoms with Crippen molar-refractivity contribution in [1.82, 2.24) is 21.3 Å². The summed E-state index contributed by atoms with van der Waals surface area (Å²) in [5, 5.41) is 12.8. The predicted octanol–water partition coefficient (Wildman–Crippen LogP) is 4.02. The molecule has 0 aliphatic carbocycles. The first-order chi connectivity index (χ1) is 19.7. The molecule has 0 unspecified atom stereocenters. The van der Waals surface area contributed by atoms with E-state index in [1.165, 1.54) is 0 Å². The van der Waals surface area contributed by atoms with Crippen molar-refractivity contribution in [3.05, 3.63) is 144 Å². The number of nitrogens with one attached hydrogen (secondary N) is 4. The molecule has 40 heavy (non-hydrogen) atoms. The van der Waals surface area contributed by atoms with Gasteiger partial charge in [-0.1, -0.05) is 121 Å². The Morgan fingerprint density at radius 1 is 0.450 bits per heavy atom. The summed E-state index contributed by atoms with van der Waals surface area (Å²) in [7, 11) is 0. The minimum Gasteiger partial charge on any atom is -0.353 e. The SMILES string of the molecule is O=C(NCCNC(=O)[C@H](Cc1ccccc1)NCc1ccccc1)[C@H](Cc1ccccc1)NCc1ccccc1. The van der Waals surface area contributed by atoms with E-state index in [1.807, 2.05) is 121 Å². The number of hydrogen-bond donors (Lipinski definition) is 4. The molecule has 0 aromatic heterocycles. The Kier molecular flexibility index (Phi) is 11.5. The molecule has 6 heteroatoms. The lowest BCUT2D eigenvalue weighted by molar-refractivity contribution is -0.125. The smallest absolute Gasteiger partial charge is 0.237 e. The molecule has 4 aromatic rings. The highest BCUT2D eigenvalue weighted by molar-refractivity contribution is 5.83. The summed E-state index contributed by atoms with van der Waals surface area (Å²) in [4.78, 5) is 26.3. The van der Waals surface area contributed by atoms with Gasteiger partial charge in [0.25, 0.3) is 0 Å². The zero-order chi connectivity index (χ0) is 27.8. The predicted molar refractivity (Wildman–Crippen MR) is 160 cm³/mol. The molecular formula is C34H38N4O2. The van der Waals surface area contributed by atoms with Crippen molar-refractivity contribution in [2.75, 3.05) is 13.1 Å². The number of carbonyl (C=O) groups excluding carboxylic acids is 2. The van der Waals surface area contributed by atoms with E-state index < -0.39 is 12.1 Å². The molecular weight excluding hydrogens is 496 g/mol. The van der Waals surface area contributed by atoms with Gasteiger partial charge in [-0.25, -0.2) is 0 Å². The van der Waals surface area contributed by atoms with Gasteiger partial charge in [-0.2, -0.15) is 0 Å². The van der Waals surface area contributed by atoms with Crippen LogP contribution in [0.15, 0.2) is 121 Å². The molecule has 2 atom stereocenters. The fraction of sp³-hybridized carbons (Fsp3) is 0.235. The maximum atomic E-state index is 13.1. The van der Waals surface area contributed by atoms with Crippen molar-refractivity contribution in [3.63, 3.8) is 0 Å². The Morgan fingerprint density at radius 2 is 0.750 bits per heavy atom. The van der Waals surface area contributed by atoms with Crippen LogP contribution < -0.4 is 21.3 Å². The lowest BCUT2D eigenvalue weighted by Crippen LogP contribution is -2.49. The van der Waals surface area contributed by atoms with Gasteiger partial charge in [0.15, 0.2) is 0 Å². The van der Waals surface area contributed by atoms with Gasteiger partial charge in [0.2, 0.25) is 11.8 Å². The second-order valence-electron chi connectivity index (χ2n) is 9.80. The van der Waals surface area contributed by atoms with Gasteiger partial charge in [-0.05, 0) is 35.1 Å². The molecule has 0 saturated heterocycles. The molecule has 0 saturated carbocycles. The maximum absolute atomic E-state index is 13.1. The zero-order valence-corrected chi connectivity index (χ0v) is 22.8. The van der Waals surface area contributed by atoms with Gasteiger partial charge in [-0.15, -0.1) is 0 Å². The summed E-state index contributed by atoms with van der Waals surface area (Å²) in [5.41, 5.74) is 4.41. The third-order valence-electron chi connectivity index (χ3n) is 6.71. The quantitative estimate of drug-likeness (QED) is 0.174. The molecule has 206 valence electrons. The van der Waals surface area contributed by atoms with Crippen molar-refractivity contribution in [2.24, 2.45) is 0 Å². The normalized spacial score (nSPS) is 12.3. The van der Waals surface area contributed by atoms with Crippen molar-refractivity contribution < 1.29 is 9.59 Å². The number of rotatable bonds is 15. The highest BCUT2D eigenvalue weighted by Crippen LogP contribution is 2.07. The van der Waals surface area contributed by atoms with Crippen LogP contribution in [0.3, 0.4) is 0 Å². The molecule has 0 spiro atoms. The van der Waals surface area contributed by atoms with Crippen molar-refractivity contribution >= 4 is 11.8 Å². The summed E-state index contributed by atoms with van der Waals surface area (Å²) in [6.45, 7) is 1.88. The van der Waals surface area contributed by atoms with Gasteiger partial charge in [0.1, 0.15) is 0 Å². The first-order valence-corrected chi connectivity index (χ1v) is 13.9. The number of benzene rings is 4. The standard InChI is InChI=1S/C34H38N4O2/c39-33(31(23-27-13-5-1-6-14-27)37-25-29-17-9-3-10-18-29)35-21-22-36-34(40)32(24-28-15-7-2-8-16-28)38-26-30-19-11-4-12-20-30/h1-20,31-32,37-38H,21-26H2,(H,35,39)(H,36,40)/t31-,32-/m0/s1. The van der Waals surface area contributed by atoms with Crippen LogP contribution in [-0.4, -0.2) is 37.0 Å². The molecule has 0 fully saturated rings. The highest BCUT2D eigenvalue weighted by Gasteiger charge is 2.20. The molecule has 0 bridgehead atoms. The number of amides is 2. The van der Waals surface area contributed by atoms with Crippen LogP contribution in [0.4, 0.5) is 0 Å². The van der Waals surface area contributed by atoms with Gasteiger partial charge < -0.3 is 21.3 Å². The Morgan fingerprint density at radius 3 is 1.07 bits per heavy atom. The van der Waals surface area contributed by atoms with Gasteiger partial charge in [0.05, 0.1) is 12.1 Å². The molecule has 6 nitrogen and oxygen atoms in total. The number of hydrogen-bond acceptors (Lipinski definition) is 4. The molecule has 0 radical (unpaired) electrons. The largest absolute Gasteiger partial charge is 0.353 e. The van der Waals surface area contributed by atoms with E-state index in [4.69, 9.17) is 0 Å².